The van der Waals surface area contributed by atoms with Crippen LogP contribution in [0.3, 0.4) is 0 Å². The Hall–Kier alpha value is -4.11. The maximum absolute atomic E-state index is 4.18. The highest BCUT2D eigenvalue weighted by molar-refractivity contribution is 5.82. The monoisotopic (exact) mass is 561 g/mol. The molecule has 0 radical (unpaired) electrons. The van der Waals surface area contributed by atoms with Crippen molar-refractivity contribution >= 4 is 32.7 Å². The van der Waals surface area contributed by atoms with Crippen molar-refractivity contribution in [3.8, 4) is 0 Å². The van der Waals surface area contributed by atoms with Gasteiger partial charge < -0.3 is 0 Å². The molecule has 0 unspecified atom stereocenters. The lowest BCUT2D eigenvalue weighted by molar-refractivity contribution is 0.736. The van der Waals surface area contributed by atoms with E-state index < -0.39 is 0 Å². The molecule has 4 aromatic carbocycles. The summed E-state index contributed by atoms with van der Waals surface area (Å²) in [5.41, 5.74) is 2.96. The first-order valence-corrected chi connectivity index (χ1v) is 15.0. The summed E-state index contributed by atoms with van der Waals surface area (Å²) in [5, 5.41) is 3.82. The Bertz CT molecular complexity index is 1120. The SMILES string of the molecule is CC(C)C.CC(C)C.CC(C)C.c1ccc2ccccc2c1.c1ccc2ncccc2c1.c1ccc2nccnc2c1. The highest BCUT2D eigenvalue weighted by Crippen LogP contribution is 2.11. The van der Waals surface area contributed by atoms with Gasteiger partial charge in [0.15, 0.2) is 0 Å². The Morgan fingerprint density at radius 2 is 0.571 bits per heavy atom. The van der Waals surface area contributed by atoms with Crippen molar-refractivity contribution in [1.29, 1.82) is 0 Å². The van der Waals surface area contributed by atoms with Crippen LogP contribution in [0.2, 0.25) is 0 Å². The van der Waals surface area contributed by atoms with E-state index in [4.69, 9.17) is 0 Å². The van der Waals surface area contributed by atoms with Gasteiger partial charge in [-0.05, 0) is 52.8 Å². The molecule has 42 heavy (non-hydrogen) atoms. The smallest absolute Gasteiger partial charge is 0.0886 e. The van der Waals surface area contributed by atoms with Crippen molar-refractivity contribution in [1.82, 2.24) is 15.0 Å². The molecule has 6 rings (SSSR count). The van der Waals surface area contributed by atoms with E-state index in [1.165, 1.54) is 16.2 Å². The molecule has 0 N–H and O–H groups in total. The summed E-state index contributed by atoms with van der Waals surface area (Å²) >= 11 is 0. The Morgan fingerprint density at radius 1 is 0.310 bits per heavy atom. The number of fused-ring (bicyclic) bond motifs is 3. The predicted octanol–water partition coefficient (Wildman–Crippen LogP) is 11.7. The standard InChI is InChI=1S/C10H8.C9H7N.C8H6N2.3C4H10/c1-2-6-10-8-4-3-7-9(10)5-1;1-2-6-9-8(4-1)5-3-7-10-9;1-2-4-8-7(3-1)9-5-6-10-8;3*1-4(2)3/h1-8H;1-7H;1-6H;3*4H,1-3H3. The van der Waals surface area contributed by atoms with E-state index in [2.05, 4.69) is 138 Å². The molecule has 0 spiro atoms. The third-order valence-corrected chi connectivity index (χ3v) is 4.55. The van der Waals surface area contributed by atoms with Gasteiger partial charge in [-0.1, -0.05) is 147 Å². The molecule has 222 valence electrons. The van der Waals surface area contributed by atoms with Gasteiger partial charge in [0.25, 0.3) is 0 Å². The van der Waals surface area contributed by atoms with Gasteiger partial charge >= 0.3 is 0 Å². The number of nitrogens with zero attached hydrogens (tertiary/aromatic N) is 3. The van der Waals surface area contributed by atoms with Crippen molar-refractivity contribution in [2.75, 3.05) is 0 Å². The molecule has 0 aliphatic carbocycles. The first-order chi connectivity index (χ1) is 20.1. The molecule has 0 saturated carbocycles. The van der Waals surface area contributed by atoms with E-state index >= 15 is 0 Å². The first-order valence-electron chi connectivity index (χ1n) is 15.0. The molecule has 0 aliphatic rings. The summed E-state index contributed by atoms with van der Waals surface area (Å²) < 4.78 is 0. The molecule has 2 heterocycles. The second kappa shape index (κ2) is 21.6. The third kappa shape index (κ3) is 17.6. The van der Waals surface area contributed by atoms with Gasteiger partial charge in [0.1, 0.15) is 0 Å². The van der Waals surface area contributed by atoms with Crippen LogP contribution in [0.5, 0.6) is 0 Å². The minimum absolute atomic E-state index is 0.833. The molecule has 0 amide bonds. The van der Waals surface area contributed by atoms with Crippen LogP contribution in [0.25, 0.3) is 32.7 Å². The number of pyridine rings is 1. The zero-order valence-corrected chi connectivity index (χ0v) is 27.2. The summed E-state index contributed by atoms with van der Waals surface area (Å²) in [6, 6.07) is 36.6. The second-order valence-electron chi connectivity index (χ2n) is 11.8. The molecule has 3 heteroatoms. The van der Waals surface area contributed by atoms with Crippen LogP contribution in [0.1, 0.15) is 62.3 Å². The number of hydrogen-bond donors (Lipinski definition) is 0. The van der Waals surface area contributed by atoms with Gasteiger partial charge in [-0.15, -0.1) is 0 Å². The zero-order valence-electron chi connectivity index (χ0n) is 27.2. The Morgan fingerprint density at radius 3 is 0.929 bits per heavy atom. The molecule has 3 nitrogen and oxygen atoms in total. The van der Waals surface area contributed by atoms with Crippen LogP contribution in [0, 0.1) is 17.8 Å². The molecule has 0 saturated heterocycles. The lowest BCUT2D eigenvalue weighted by atomic mass is 10.1. The fourth-order valence-electron chi connectivity index (χ4n) is 3.06. The van der Waals surface area contributed by atoms with Gasteiger partial charge in [0.05, 0.1) is 16.6 Å². The quantitative estimate of drug-likeness (QED) is 0.185. The Kier molecular flexibility index (Phi) is 18.5. The average molecular weight is 562 g/mol. The van der Waals surface area contributed by atoms with Gasteiger partial charge in [0.2, 0.25) is 0 Å². The Balaban J connectivity index is 0.000000266. The molecular formula is C39H51N3. The van der Waals surface area contributed by atoms with Crippen LogP contribution < -0.4 is 0 Å². The number of benzene rings is 4. The van der Waals surface area contributed by atoms with Crippen molar-refractivity contribution in [3.05, 3.63) is 128 Å². The second-order valence-corrected chi connectivity index (χ2v) is 11.8. The van der Waals surface area contributed by atoms with Gasteiger partial charge in [-0.2, -0.15) is 0 Å². The summed E-state index contributed by atoms with van der Waals surface area (Å²) in [6.45, 7) is 19.5. The molecule has 0 aliphatic heterocycles. The van der Waals surface area contributed by atoms with Crippen LogP contribution in [-0.2, 0) is 0 Å². The molecular weight excluding hydrogens is 510 g/mol. The van der Waals surface area contributed by atoms with Gasteiger partial charge in [-0.3, -0.25) is 15.0 Å². The van der Waals surface area contributed by atoms with Crippen LogP contribution in [0.15, 0.2) is 128 Å². The minimum Gasteiger partial charge on any atom is -0.256 e. The van der Waals surface area contributed by atoms with E-state index in [0.717, 1.165) is 34.3 Å². The van der Waals surface area contributed by atoms with Gasteiger partial charge in [-0.25, -0.2) is 0 Å². The number of rotatable bonds is 0. The zero-order chi connectivity index (χ0) is 31.2. The third-order valence-electron chi connectivity index (χ3n) is 4.55. The molecule has 0 atom stereocenters. The van der Waals surface area contributed by atoms with E-state index in [1.807, 2.05) is 54.7 Å². The molecule has 0 bridgehead atoms. The van der Waals surface area contributed by atoms with Crippen LogP contribution >= 0.6 is 0 Å². The number of aromatic nitrogens is 3. The molecule has 6 aromatic rings. The Labute approximate surface area is 255 Å². The molecule has 0 fully saturated rings. The molecule has 2 aromatic heterocycles. The van der Waals surface area contributed by atoms with E-state index in [0.29, 0.717) is 0 Å². The van der Waals surface area contributed by atoms with Crippen LogP contribution in [-0.4, -0.2) is 15.0 Å². The van der Waals surface area contributed by atoms with E-state index in [1.54, 1.807) is 12.4 Å². The van der Waals surface area contributed by atoms with E-state index in [-0.39, 0.29) is 0 Å². The fraction of sp³-hybridized carbons (Fsp3) is 0.308. The highest BCUT2D eigenvalue weighted by Gasteiger charge is 1.89. The maximum Gasteiger partial charge on any atom is 0.0886 e. The summed E-state index contributed by atoms with van der Waals surface area (Å²) in [5.74, 6) is 2.50. The van der Waals surface area contributed by atoms with E-state index in [9.17, 15) is 0 Å². The normalized spacial score (nSPS) is 9.71. The first kappa shape index (κ1) is 35.9. The van der Waals surface area contributed by atoms with Crippen molar-refractivity contribution < 1.29 is 0 Å². The number of hydrogen-bond acceptors (Lipinski definition) is 3. The highest BCUT2D eigenvalue weighted by atomic mass is 14.8. The summed E-state index contributed by atoms with van der Waals surface area (Å²) in [4.78, 5) is 12.4. The van der Waals surface area contributed by atoms with Crippen LogP contribution in [0.4, 0.5) is 0 Å². The van der Waals surface area contributed by atoms with Crippen molar-refractivity contribution in [2.24, 2.45) is 17.8 Å². The minimum atomic E-state index is 0.833. The average Bonchev–Trinajstić information content (AvgIpc) is 2.97. The topological polar surface area (TPSA) is 38.7 Å². The largest absolute Gasteiger partial charge is 0.256 e. The fourth-order valence-corrected chi connectivity index (χ4v) is 3.06. The lowest BCUT2D eigenvalue weighted by Crippen LogP contribution is -1.78. The lowest BCUT2D eigenvalue weighted by Gasteiger charge is -1.92. The van der Waals surface area contributed by atoms with Gasteiger partial charge in [0, 0.05) is 24.0 Å². The summed E-state index contributed by atoms with van der Waals surface area (Å²) in [6.07, 6.45) is 5.20. The summed E-state index contributed by atoms with van der Waals surface area (Å²) in [7, 11) is 0. The number of para-hydroxylation sites is 3. The maximum atomic E-state index is 4.18. The van der Waals surface area contributed by atoms with Crippen molar-refractivity contribution in [2.45, 2.75) is 62.3 Å². The predicted molar refractivity (Wildman–Crippen MR) is 187 cm³/mol. The van der Waals surface area contributed by atoms with Crippen molar-refractivity contribution in [3.63, 3.8) is 0 Å².